The fourth-order valence-corrected chi connectivity index (χ4v) is 3.35. The van der Waals surface area contributed by atoms with E-state index in [-0.39, 0.29) is 23.6 Å². The van der Waals surface area contributed by atoms with Crippen LogP contribution in [-0.4, -0.2) is 35.6 Å². The Morgan fingerprint density at radius 1 is 1.36 bits per heavy atom. The predicted octanol–water partition coefficient (Wildman–Crippen LogP) is 2.11. The average Bonchev–Trinajstić information content (AvgIpc) is 2.44. The second-order valence-corrected chi connectivity index (χ2v) is 6.67. The Kier molecular flexibility index (Phi) is 4.75. The molecule has 1 aliphatic carbocycles. The molecule has 122 valence electrons. The summed E-state index contributed by atoms with van der Waals surface area (Å²) < 4.78 is 5.60. The summed E-state index contributed by atoms with van der Waals surface area (Å²) in [6.07, 6.45) is 2.83. The van der Waals surface area contributed by atoms with E-state index < -0.39 is 0 Å². The number of carbonyl (C=O) groups excluding carboxylic acids is 1. The minimum Gasteiger partial charge on any atom is -0.482 e. The lowest BCUT2D eigenvalue weighted by atomic mass is 9.62. The smallest absolute Gasteiger partial charge is 0.258 e. The quantitative estimate of drug-likeness (QED) is 0.845. The molecule has 1 amide bonds. The molecule has 0 atom stereocenters. The highest BCUT2D eigenvalue weighted by Gasteiger charge is 2.50. The first-order valence-electron chi connectivity index (χ1n) is 7.88. The summed E-state index contributed by atoms with van der Waals surface area (Å²) in [6, 6.07) is 3.75. The average molecular weight is 305 g/mol. The highest BCUT2D eigenvalue weighted by Crippen LogP contribution is 2.43. The molecule has 0 spiro atoms. The van der Waals surface area contributed by atoms with Crippen molar-refractivity contribution in [3.63, 3.8) is 0 Å². The third-order valence-electron chi connectivity index (χ3n) is 4.68. The topological polar surface area (TPSA) is 63.2 Å². The number of pyridine rings is 1. The molecular formula is C17H27N3O2. The Bertz CT molecular complexity index is 551. The van der Waals surface area contributed by atoms with Gasteiger partial charge in [0.05, 0.1) is 5.69 Å². The van der Waals surface area contributed by atoms with Crippen molar-refractivity contribution in [1.82, 2.24) is 15.6 Å². The number of nitrogens with zero attached hydrogens (tertiary/aromatic N) is 1. The molecular weight excluding hydrogens is 278 g/mol. The van der Waals surface area contributed by atoms with Crippen LogP contribution in [-0.2, 0) is 4.79 Å². The Morgan fingerprint density at radius 2 is 2.05 bits per heavy atom. The molecule has 0 unspecified atom stereocenters. The van der Waals surface area contributed by atoms with Gasteiger partial charge in [0.25, 0.3) is 5.91 Å². The zero-order chi connectivity index (χ0) is 16.4. The van der Waals surface area contributed by atoms with E-state index >= 15 is 0 Å². The second kappa shape index (κ2) is 6.24. The van der Waals surface area contributed by atoms with Crippen LogP contribution in [0, 0.1) is 13.8 Å². The Labute approximate surface area is 132 Å². The van der Waals surface area contributed by atoms with Gasteiger partial charge in [0, 0.05) is 16.8 Å². The van der Waals surface area contributed by atoms with Crippen molar-refractivity contribution in [2.24, 2.45) is 0 Å². The number of nitrogens with one attached hydrogen (secondary N) is 2. The number of aryl methyl sites for hydroxylation is 2. The largest absolute Gasteiger partial charge is 0.482 e. The molecule has 0 saturated heterocycles. The standard InChI is InChI=1S/C17H27N3O2/c1-6-17(10-16(4,11-17)18-5)20-15(21)9-22-14-8-7-12(2)19-13(14)3/h7-8,18H,6,9-11H2,1-5H3,(H,20,21). The summed E-state index contributed by atoms with van der Waals surface area (Å²) in [5, 5.41) is 6.47. The van der Waals surface area contributed by atoms with E-state index in [1.807, 2.05) is 33.0 Å². The summed E-state index contributed by atoms with van der Waals surface area (Å²) in [5.74, 6) is 0.597. The van der Waals surface area contributed by atoms with Crippen molar-refractivity contribution in [1.29, 1.82) is 0 Å². The van der Waals surface area contributed by atoms with Crippen molar-refractivity contribution in [2.75, 3.05) is 13.7 Å². The van der Waals surface area contributed by atoms with Gasteiger partial charge < -0.3 is 15.4 Å². The monoisotopic (exact) mass is 305 g/mol. The summed E-state index contributed by atoms with van der Waals surface area (Å²) in [5.41, 5.74) is 1.78. The van der Waals surface area contributed by atoms with Crippen LogP contribution >= 0.6 is 0 Å². The van der Waals surface area contributed by atoms with E-state index in [1.54, 1.807) is 0 Å². The zero-order valence-electron chi connectivity index (χ0n) is 14.2. The van der Waals surface area contributed by atoms with Crippen molar-refractivity contribution >= 4 is 5.91 Å². The molecule has 0 aliphatic heterocycles. The molecule has 1 saturated carbocycles. The Morgan fingerprint density at radius 3 is 2.59 bits per heavy atom. The lowest BCUT2D eigenvalue weighted by molar-refractivity contribution is -0.127. The summed E-state index contributed by atoms with van der Waals surface area (Å²) >= 11 is 0. The van der Waals surface area contributed by atoms with Gasteiger partial charge in [-0.3, -0.25) is 9.78 Å². The SMILES string of the molecule is CCC1(NC(=O)COc2ccc(C)nc2C)CC(C)(NC)C1. The molecule has 0 radical (unpaired) electrons. The predicted molar refractivity (Wildman–Crippen MR) is 87.1 cm³/mol. The van der Waals surface area contributed by atoms with Crippen LogP contribution in [0.2, 0.25) is 0 Å². The molecule has 22 heavy (non-hydrogen) atoms. The maximum Gasteiger partial charge on any atom is 0.258 e. The second-order valence-electron chi connectivity index (χ2n) is 6.67. The van der Waals surface area contributed by atoms with E-state index in [0.717, 1.165) is 30.7 Å². The van der Waals surface area contributed by atoms with E-state index in [1.165, 1.54) is 0 Å². The number of aromatic nitrogens is 1. The van der Waals surface area contributed by atoms with E-state index in [9.17, 15) is 4.79 Å². The lowest BCUT2D eigenvalue weighted by Gasteiger charge is -2.54. The molecule has 1 aromatic rings. The van der Waals surface area contributed by atoms with Crippen LogP contribution in [0.5, 0.6) is 5.75 Å². The third kappa shape index (κ3) is 3.58. The van der Waals surface area contributed by atoms with Crippen LogP contribution in [0.4, 0.5) is 0 Å². The molecule has 1 aromatic heterocycles. The first-order chi connectivity index (χ1) is 10.3. The molecule has 1 fully saturated rings. The normalized spacial score (nSPS) is 27.1. The van der Waals surface area contributed by atoms with Gasteiger partial charge in [-0.2, -0.15) is 0 Å². The fraction of sp³-hybridized carbons (Fsp3) is 0.647. The first kappa shape index (κ1) is 16.7. The number of hydrogen-bond donors (Lipinski definition) is 2. The van der Waals surface area contributed by atoms with Gasteiger partial charge in [0.15, 0.2) is 6.61 Å². The third-order valence-corrected chi connectivity index (χ3v) is 4.68. The number of hydrogen-bond acceptors (Lipinski definition) is 4. The summed E-state index contributed by atoms with van der Waals surface area (Å²) in [7, 11) is 1.97. The maximum atomic E-state index is 12.2. The molecule has 2 rings (SSSR count). The van der Waals surface area contributed by atoms with Gasteiger partial charge in [-0.1, -0.05) is 6.92 Å². The highest BCUT2D eigenvalue weighted by atomic mass is 16.5. The molecule has 0 bridgehead atoms. The van der Waals surface area contributed by atoms with Gasteiger partial charge in [0.2, 0.25) is 0 Å². The van der Waals surface area contributed by atoms with Crippen molar-refractivity contribution in [3.8, 4) is 5.75 Å². The molecule has 1 heterocycles. The van der Waals surface area contributed by atoms with Crippen LogP contribution < -0.4 is 15.4 Å². The van der Waals surface area contributed by atoms with Gasteiger partial charge >= 0.3 is 0 Å². The minimum absolute atomic E-state index is 0.0313. The van der Waals surface area contributed by atoms with Gasteiger partial charge in [0.1, 0.15) is 5.75 Å². The Hall–Kier alpha value is -1.62. The van der Waals surface area contributed by atoms with Crippen molar-refractivity contribution in [3.05, 3.63) is 23.5 Å². The highest BCUT2D eigenvalue weighted by molar-refractivity contribution is 5.78. The summed E-state index contributed by atoms with van der Waals surface area (Å²) in [6.45, 7) is 8.15. The number of amides is 1. The number of ether oxygens (including phenoxy) is 1. The number of rotatable bonds is 6. The first-order valence-corrected chi connectivity index (χ1v) is 7.88. The van der Waals surface area contributed by atoms with E-state index in [2.05, 4.69) is 29.5 Å². The fourth-order valence-electron chi connectivity index (χ4n) is 3.35. The lowest BCUT2D eigenvalue weighted by Crippen LogP contribution is -2.68. The van der Waals surface area contributed by atoms with E-state index in [4.69, 9.17) is 4.74 Å². The van der Waals surface area contributed by atoms with Gasteiger partial charge in [-0.05, 0) is 59.2 Å². The molecule has 5 nitrogen and oxygen atoms in total. The van der Waals surface area contributed by atoms with Crippen LogP contribution in [0.1, 0.15) is 44.5 Å². The summed E-state index contributed by atoms with van der Waals surface area (Å²) in [4.78, 5) is 16.5. The van der Waals surface area contributed by atoms with Crippen molar-refractivity contribution < 1.29 is 9.53 Å². The minimum atomic E-state index is -0.0984. The zero-order valence-corrected chi connectivity index (χ0v) is 14.2. The Balaban J connectivity index is 1.88. The van der Waals surface area contributed by atoms with Crippen LogP contribution in [0.3, 0.4) is 0 Å². The maximum absolute atomic E-state index is 12.2. The molecule has 2 N–H and O–H groups in total. The molecule has 0 aromatic carbocycles. The van der Waals surface area contributed by atoms with E-state index in [0.29, 0.717) is 5.75 Å². The van der Waals surface area contributed by atoms with Crippen molar-refractivity contribution in [2.45, 2.75) is 58.0 Å². The van der Waals surface area contributed by atoms with Gasteiger partial charge in [-0.15, -0.1) is 0 Å². The van der Waals surface area contributed by atoms with Crippen LogP contribution in [0.25, 0.3) is 0 Å². The van der Waals surface area contributed by atoms with Crippen LogP contribution in [0.15, 0.2) is 12.1 Å². The molecule has 5 heteroatoms. The molecule has 1 aliphatic rings. The number of carbonyl (C=O) groups is 1. The van der Waals surface area contributed by atoms with Gasteiger partial charge in [-0.25, -0.2) is 0 Å².